The smallest absolute Gasteiger partial charge is 0.255 e. The van der Waals surface area contributed by atoms with Gasteiger partial charge in [0.2, 0.25) is 5.91 Å². The highest BCUT2D eigenvalue weighted by Crippen LogP contribution is 2.21. The number of nitrogens with one attached hydrogen (secondary N) is 2. The highest BCUT2D eigenvalue weighted by molar-refractivity contribution is 6.04. The molecule has 0 aliphatic rings. The zero-order valence-corrected chi connectivity index (χ0v) is 18.1. The molecule has 0 aliphatic carbocycles. The van der Waals surface area contributed by atoms with E-state index in [1.54, 1.807) is 61.8 Å². The van der Waals surface area contributed by atoms with E-state index in [1.165, 1.54) is 0 Å². The van der Waals surface area contributed by atoms with E-state index < -0.39 is 0 Å². The van der Waals surface area contributed by atoms with Gasteiger partial charge in [-0.15, -0.1) is 0 Å². The maximum atomic E-state index is 12.4. The lowest BCUT2D eigenvalue weighted by Crippen LogP contribution is -2.14. The Morgan fingerprint density at radius 1 is 0.879 bits per heavy atom. The molecule has 0 bridgehead atoms. The molecular formula is C26H23N3O4. The molecule has 4 aromatic rings. The number of benzene rings is 3. The van der Waals surface area contributed by atoms with E-state index >= 15 is 0 Å². The van der Waals surface area contributed by atoms with Crippen molar-refractivity contribution in [3.8, 4) is 17.1 Å². The van der Waals surface area contributed by atoms with Crippen LogP contribution in [0.25, 0.3) is 11.3 Å². The van der Waals surface area contributed by atoms with Crippen molar-refractivity contribution in [1.29, 1.82) is 0 Å². The Kier molecular flexibility index (Phi) is 6.80. The molecule has 4 rings (SSSR count). The molecule has 1 aromatic heterocycles. The standard InChI is InChI=1S/C26H23N3O4/c1-32-22-13-11-21(12-14-22)29-26(31)19-7-9-20(10-8-19)28-24(30)15-16-25-27-17-23(33-25)18-5-3-2-4-6-18/h2-14,17H,15-16H2,1H3,(H,28,30)(H,29,31). The SMILES string of the molecule is COc1ccc(NC(=O)c2ccc(NC(=O)CCc3ncc(-c4ccccc4)o3)cc2)cc1. The van der Waals surface area contributed by atoms with Gasteiger partial charge in [-0.1, -0.05) is 30.3 Å². The van der Waals surface area contributed by atoms with Gasteiger partial charge < -0.3 is 19.8 Å². The van der Waals surface area contributed by atoms with E-state index in [0.717, 1.165) is 5.56 Å². The second kappa shape index (κ2) is 10.3. The Morgan fingerprint density at radius 3 is 2.24 bits per heavy atom. The summed E-state index contributed by atoms with van der Waals surface area (Å²) in [4.78, 5) is 29.0. The average molecular weight is 441 g/mol. The summed E-state index contributed by atoms with van der Waals surface area (Å²) < 4.78 is 10.8. The summed E-state index contributed by atoms with van der Waals surface area (Å²) in [5.41, 5.74) is 2.70. The van der Waals surface area contributed by atoms with Crippen LogP contribution in [0.5, 0.6) is 5.75 Å². The molecule has 0 aliphatic heterocycles. The minimum Gasteiger partial charge on any atom is -0.497 e. The molecule has 0 spiro atoms. The van der Waals surface area contributed by atoms with Crippen LogP contribution in [0.3, 0.4) is 0 Å². The molecule has 7 nitrogen and oxygen atoms in total. The average Bonchev–Trinajstić information content (AvgIpc) is 3.33. The maximum Gasteiger partial charge on any atom is 0.255 e. The van der Waals surface area contributed by atoms with E-state index in [9.17, 15) is 9.59 Å². The van der Waals surface area contributed by atoms with Crippen molar-refractivity contribution in [3.63, 3.8) is 0 Å². The number of aryl methyl sites for hydroxylation is 1. The van der Waals surface area contributed by atoms with Crippen molar-refractivity contribution < 1.29 is 18.7 Å². The fourth-order valence-corrected chi connectivity index (χ4v) is 3.19. The Balaban J connectivity index is 1.27. The number of ether oxygens (including phenoxy) is 1. The molecule has 0 radical (unpaired) electrons. The van der Waals surface area contributed by atoms with Crippen LogP contribution < -0.4 is 15.4 Å². The fraction of sp³-hybridized carbons (Fsp3) is 0.115. The first-order chi connectivity index (χ1) is 16.1. The third-order valence-electron chi connectivity index (χ3n) is 4.96. The molecule has 2 amide bonds. The van der Waals surface area contributed by atoms with Crippen LogP contribution >= 0.6 is 0 Å². The summed E-state index contributed by atoms with van der Waals surface area (Å²) in [6.07, 6.45) is 2.29. The zero-order valence-electron chi connectivity index (χ0n) is 18.1. The van der Waals surface area contributed by atoms with Crippen molar-refractivity contribution in [2.45, 2.75) is 12.8 Å². The minimum atomic E-state index is -0.240. The molecule has 33 heavy (non-hydrogen) atoms. The molecule has 2 N–H and O–H groups in total. The monoisotopic (exact) mass is 441 g/mol. The van der Waals surface area contributed by atoms with Gasteiger partial charge in [-0.25, -0.2) is 4.98 Å². The van der Waals surface area contributed by atoms with Crippen LogP contribution in [0.1, 0.15) is 22.7 Å². The van der Waals surface area contributed by atoms with Crippen LogP contribution in [0.15, 0.2) is 89.5 Å². The molecule has 0 fully saturated rings. The first-order valence-corrected chi connectivity index (χ1v) is 10.5. The van der Waals surface area contributed by atoms with Crippen LogP contribution in [-0.4, -0.2) is 23.9 Å². The first kappa shape index (κ1) is 21.8. The molecule has 0 saturated carbocycles. The van der Waals surface area contributed by atoms with E-state index in [4.69, 9.17) is 9.15 Å². The molecular weight excluding hydrogens is 418 g/mol. The number of hydrogen-bond acceptors (Lipinski definition) is 5. The number of carbonyl (C=O) groups is 2. The van der Waals surface area contributed by atoms with Crippen molar-refractivity contribution in [3.05, 3.63) is 96.5 Å². The summed E-state index contributed by atoms with van der Waals surface area (Å²) in [5.74, 6) is 1.50. The van der Waals surface area contributed by atoms with Gasteiger partial charge in [-0.3, -0.25) is 9.59 Å². The quantitative estimate of drug-likeness (QED) is 0.393. The number of rotatable bonds is 8. The lowest BCUT2D eigenvalue weighted by atomic mass is 10.2. The van der Waals surface area contributed by atoms with Gasteiger partial charge in [0.05, 0.1) is 13.3 Å². The summed E-state index contributed by atoms with van der Waals surface area (Å²) in [6.45, 7) is 0. The second-order valence-corrected chi connectivity index (χ2v) is 7.29. The molecule has 0 saturated heterocycles. The third kappa shape index (κ3) is 5.86. The van der Waals surface area contributed by atoms with E-state index in [1.807, 2.05) is 30.3 Å². The number of oxazole rings is 1. The number of nitrogens with zero attached hydrogens (tertiary/aromatic N) is 1. The van der Waals surface area contributed by atoms with Gasteiger partial charge in [0, 0.05) is 35.3 Å². The predicted molar refractivity (Wildman–Crippen MR) is 126 cm³/mol. The Labute approximate surface area is 191 Å². The topological polar surface area (TPSA) is 93.5 Å². The number of anilines is 2. The Hall–Kier alpha value is -4.39. The number of carbonyl (C=O) groups excluding carboxylic acids is 2. The van der Waals surface area contributed by atoms with Gasteiger partial charge >= 0.3 is 0 Å². The van der Waals surface area contributed by atoms with Gasteiger partial charge in [-0.05, 0) is 48.5 Å². The third-order valence-corrected chi connectivity index (χ3v) is 4.96. The van der Waals surface area contributed by atoms with Gasteiger partial charge in [0.15, 0.2) is 11.7 Å². The highest BCUT2D eigenvalue weighted by Gasteiger charge is 2.10. The first-order valence-electron chi connectivity index (χ1n) is 10.5. The lowest BCUT2D eigenvalue weighted by molar-refractivity contribution is -0.116. The molecule has 0 unspecified atom stereocenters. The lowest BCUT2D eigenvalue weighted by Gasteiger charge is -2.08. The Bertz CT molecular complexity index is 1220. The Morgan fingerprint density at radius 2 is 1.55 bits per heavy atom. The molecule has 0 atom stereocenters. The van der Waals surface area contributed by atoms with E-state index in [0.29, 0.717) is 40.8 Å². The second-order valence-electron chi connectivity index (χ2n) is 7.29. The maximum absolute atomic E-state index is 12.4. The number of amides is 2. The van der Waals surface area contributed by atoms with Crippen LogP contribution in [0.4, 0.5) is 11.4 Å². The van der Waals surface area contributed by atoms with Crippen molar-refractivity contribution >= 4 is 23.2 Å². The van der Waals surface area contributed by atoms with Crippen molar-refractivity contribution in [2.24, 2.45) is 0 Å². The highest BCUT2D eigenvalue weighted by atomic mass is 16.5. The largest absolute Gasteiger partial charge is 0.497 e. The zero-order chi connectivity index (χ0) is 23.0. The van der Waals surface area contributed by atoms with Crippen LogP contribution in [-0.2, 0) is 11.2 Å². The molecule has 1 heterocycles. The molecule has 3 aromatic carbocycles. The van der Waals surface area contributed by atoms with Gasteiger partial charge in [0.1, 0.15) is 5.75 Å². The molecule has 166 valence electrons. The fourth-order valence-electron chi connectivity index (χ4n) is 3.19. The van der Waals surface area contributed by atoms with Crippen LogP contribution in [0.2, 0.25) is 0 Å². The summed E-state index contributed by atoms with van der Waals surface area (Å²) >= 11 is 0. The number of hydrogen-bond donors (Lipinski definition) is 2. The number of methoxy groups -OCH3 is 1. The minimum absolute atomic E-state index is 0.162. The van der Waals surface area contributed by atoms with Crippen molar-refractivity contribution in [2.75, 3.05) is 17.7 Å². The summed E-state index contributed by atoms with van der Waals surface area (Å²) in [5, 5.41) is 5.65. The normalized spacial score (nSPS) is 10.5. The van der Waals surface area contributed by atoms with Gasteiger partial charge in [-0.2, -0.15) is 0 Å². The van der Waals surface area contributed by atoms with Crippen molar-refractivity contribution in [1.82, 2.24) is 4.98 Å². The van der Waals surface area contributed by atoms with E-state index in [2.05, 4.69) is 15.6 Å². The number of aromatic nitrogens is 1. The summed E-state index contributed by atoms with van der Waals surface area (Å²) in [6, 6.07) is 23.5. The molecule has 7 heteroatoms. The summed E-state index contributed by atoms with van der Waals surface area (Å²) in [7, 11) is 1.59. The van der Waals surface area contributed by atoms with Crippen LogP contribution in [0, 0.1) is 0 Å². The van der Waals surface area contributed by atoms with E-state index in [-0.39, 0.29) is 18.2 Å². The van der Waals surface area contributed by atoms with Gasteiger partial charge in [0.25, 0.3) is 5.91 Å². The predicted octanol–water partition coefficient (Wildman–Crippen LogP) is 5.17.